The molecule has 0 bridgehead atoms. The number of nitrogens with zero attached hydrogens (tertiary/aromatic N) is 2. The summed E-state index contributed by atoms with van der Waals surface area (Å²) < 4.78 is 5.28. The van der Waals surface area contributed by atoms with Crippen molar-refractivity contribution in [2.24, 2.45) is 0 Å². The molecule has 2 rings (SSSR count). The van der Waals surface area contributed by atoms with Crippen molar-refractivity contribution in [2.75, 3.05) is 13.1 Å². The number of piperidine rings is 1. The van der Waals surface area contributed by atoms with Crippen LogP contribution in [0.5, 0.6) is 0 Å². The van der Waals surface area contributed by atoms with Crippen LogP contribution in [0.15, 0.2) is 18.2 Å². The summed E-state index contributed by atoms with van der Waals surface area (Å²) in [6.07, 6.45) is 1.23. The normalized spacial score (nSPS) is 18.0. The lowest BCUT2D eigenvalue weighted by molar-refractivity contribution is -0.384. The lowest BCUT2D eigenvalue weighted by atomic mass is 9.79. The molecule has 10 heteroatoms. The largest absolute Gasteiger partial charge is 0.488 e. The zero-order valence-corrected chi connectivity index (χ0v) is 15.8. The molecule has 1 atom stereocenters. The summed E-state index contributed by atoms with van der Waals surface area (Å²) in [6, 6.07) is 4.05. The van der Waals surface area contributed by atoms with E-state index in [2.05, 4.69) is 10.2 Å². The highest BCUT2D eigenvalue weighted by Gasteiger charge is 2.25. The van der Waals surface area contributed by atoms with E-state index >= 15 is 0 Å². The third-order valence-electron chi connectivity index (χ3n) is 4.14. The van der Waals surface area contributed by atoms with Crippen LogP contribution in [-0.4, -0.2) is 57.8 Å². The van der Waals surface area contributed by atoms with Crippen molar-refractivity contribution in [1.29, 1.82) is 0 Å². The van der Waals surface area contributed by atoms with Gasteiger partial charge in [0.15, 0.2) is 0 Å². The average molecular weight is 379 g/mol. The Kier molecular flexibility index (Phi) is 6.80. The van der Waals surface area contributed by atoms with Gasteiger partial charge in [-0.1, -0.05) is 6.07 Å². The minimum absolute atomic E-state index is 0.0739. The second kappa shape index (κ2) is 8.68. The highest BCUT2D eigenvalue weighted by Crippen LogP contribution is 2.18. The molecule has 1 heterocycles. The Morgan fingerprint density at radius 1 is 1.41 bits per heavy atom. The zero-order valence-electron chi connectivity index (χ0n) is 15.8. The number of ether oxygens (including phenoxy) is 1. The molecule has 0 unspecified atom stereocenters. The molecule has 0 radical (unpaired) electrons. The highest BCUT2D eigenvalue weighted by atomic mass is 16.6. The molecule has 1 aromatic carbocycles. The quantitative estimate of drug-likeness (QED) is 0.392. The average Bonchev–Trinajstić information content (AvgIpc) is 2.52. The molecule has 0 spiro atoms. The van der Waals surface area contributed by atoms with Crippen molar-refractivity contribution in [2.45, 2.75) is 51.8 Å². The second-order valence-electron chi connectivity index (χ2n) is 7.78. The number of nitro groups is 1. The number of non-ortho nitro benzene ring substituents is 1. The predicted molar refractivity (Wildman–Crippen MR) is 101 cm³/mol. The van der Waals surface area contributed by atoms with Gasteiger partial charge in [-0.25, -0.2) is 4.79 Å². The maximum absolute atomic E-state index is 11.9. The fourth-order valence-corrected chi connectivity index (χ4v) is 3.09. The number of nitro benzene ring substituents is 1. The molecule has 1 amide bonds. The Balaban J connectivity index is 2.03. The van der Waals surface area contributed by atoms with Crippen LogP contribution in [0.25, 0.3) is 0 Å². The smallest absolute Gasteiger partial charge is 0.444 e. The molecular formula is C17H26BN3O6. The molecule has 0 saturated carbocycles. The van der Waals surface area contributed by atoms with Gasteiger partial charge in [0, 0.05) is 31.3 Å². The number of nitrogens with one attached hydrogen (secondary N) is 1. The van der Waals surface area contributed by atoms with Crippen molar-refractivity contribution >= 4 is 24.4 Å². The van der Waals surface area contributed by atoms with Crippen molar-refractivity contribution in [1.82, 2.24) is 10.2 Å². The molecule has 1 aliphatic rings. The van der Waals surface area contributed by atoms with E-state index in [9.17, 15) is 25.0 Å². The number of benzene rings is 1. The van der Waals surface area contributed by atoms with Crippen molar-refractivity contribution in [3.63, 3.8) is 0 Å². The Morgan fingerprint density at radius 2 is 2.11 bits per heavy atom. The summed E-state index contributed by atoms with van der Waals surface area (Å²) >= 11 is 0. The topological polar surface area (TPSA) is 125 Å². The van der Waals surface area contributed by atoms with Crippen LogP contribution in [0.4, 0.5) is 10.5 Å². The molecule has 27 heavy (non-hydrogen) atoms. The van der Waals surface area contributed by atoms with E-state index < -0.39 is 23.7 Å². The summed E-state index contributed by atoms with van der Waals surface area (Å²) in [5, 5.41) is 32.6. The van der Waals surface area contributed by atoms with Gasteiger partial charge in [0.25, 0.3) is 5.69 Å². The molecule has 9 nitrogen and oxygen atoms in total. The number of amides is 1. The van der Waals surface area contributed by atoms with Gasteiger partial charge in [-0.2, -0.15) is 0 Å². The van der Waals surface area contributed by atoms with E-state index in [0.717, 1.165) is 25.5 Å². The third kappa shape index (κ3) is 6.81. The fourth-order valence-electron chi connectivity index (χ4n) is 3.09. The van der Waals surface area contributed by atoms with Crippen LogP contribution in [0.1, 0.15) is 39.2 Å². The van der Waals surface area contributed by atoms with E-state index in [1.54, 1.807) is 26.8 Å². The van der Waals surface area contributed by atoms with Gasteiger partial charge < -0.3 is 20.1 Å². The number of carbonyl (C=O) groups is 1. The summed E-state index contributed by atoms with van der Waals surface area (Å²) in [4.78, 5) is 24.5. The minimum atomic E-state index is -1.77. The standard InChI is InChI=1S/C17H26BN3O6/c1-17(2,3)27-16(22)19-14-5-4-6-20(11-14)10-12-7-13(18(23)24)9-15(8-12)21(25)26/h7-9,14,23-24H,4-6,10-11H2,1-3H3,(H,19,22)/t14-/m0/s1. The van der Waals surface area contributed by atoms with Crippen LogP contribution in [0.2, 0.25) is 0 Å². The molecule has 0 aliphatic carbocycles. The second-order valence-corrected chi connectivity index (χ2v) is 7.78. The van der Waals surface area contributed by atoms with Crippen molar-refractivity contribution < 1.29 is 24.5 Å². The lowest BCUT2D eigenvalue weighted by Crippen LogP contribution is -2.48. The molecule has 1 saturated heterocycles. The lowest BCUT2D eigenvalue weighted by Gasteiger charge is -2.33. The van der Waals surface area contributed by atoms with Crippen molar-refractivity contribution in [3.8, 4) is 0 Å². The van der Waals surface area contributed by atoms with Gasteiger partial charge in [0.05, 0.1) is 4.92 Å². The van der Waals surface area contributed by atoms with E-state index in [4.69, 9.17) is 4.74 Å². The summed E-state index contributed by atoms with van der Waals surface area (Å²) in [5.74, 6) is 0. The Bertz CT molecular complexity index is 692. The molecular weight excluding hydrogens is 353 g/mol. The Labute approximate surface area is 158 Å². The van der Waals surface area contributed by atoms with Gasteiger partial charge in [0.2, 0.25) is 0 Å². The van der Waals surface area contributed by atoms with Gasteiger partial charge in [-0.3, -0.25) is 15.0 Å². The first kappa shape index (κ1) is 21.1. The first-order valence-corrected chi connectivity index (χ1v) is 8.90. The van der Waals surface area contributed by atoms with Crippen LogP contribution in [0, 0.1) is 10.1 Å². The molecule has 1 aromatic rings. The maximum atomic E-state index is 11.9. The summed E-state index contributed by atoms with van der Waals surface area (Å²) in [5.41, 5.74) is -0.0518. The van der Waals surface area contributed by atoms with Crippen molar-refractivity contribution in [3.05, 3.63) is 33.9 Å². The molecule has 1 aliphatic heterocycles. The molecule has 1 fully saturated rings. The summed E-state index contributed by atoms with van der Waals surface area (Å²) in [6.45, 7) is 7.18. The number of hydrogen-bond donors (Lipinski definition) is 3. The van der Waals surface area contributed by atoms with E-state index in [0.29, 0.717) is 18.7 Å². The van der Waals surface area contributed by atoms with Crippen LogP contribution < -0.4 is 10.8 Å². The van der Waals surface area contributed by atoms with E-state index in [-0.39, 0.29) is 17.2 Å². The zero-order chi connectivity index (χ0) is 20.2. The number of likely N-dealkylation sites (tertiary alicyclic amines) is 1. The molecule has 0 aromatic heterocycles. The maximum Gasteiger partial charge on any atom is 0.488 e. The van der Waals surface area contributed by atoms with Crippen LogP contribution in [-0.2, 0) is 11.3 Å². The molecule has 148 valence electrons. The number of hydrogen-bond acceptors (Lipinski definition) is 7. The highest BCUT2D eigenvalue weighted by molar-refractivity contribution is 6.58. The first-order valence-electron chi connectivity index (χ1n) is 8.90. The van der Waals surface area contributed by atoms with Gasteiger partial charge in [0.1, 0.15) is 5.60 Å². The fraction of sp³-hybridized carbons (Fsp3) is 0.588. The summed E-state index contributed by atoms with van der Waals surface area (Å²) in [7, 11) is -1.77. The van der Waals surface area contributed by atoms with E-state index in [1.165, 1.54) is 6.07 Å². The number of carbonyl (C=O) groups excluding carboxylic acids is 1. The van der Waals surface area contributed by atoms with E-state index in [1.807, 2.05) is 0 Å². The molecule has 3 N–H and O–H groups in total. The number of alkyl carbamates (subject to hydrolysis) is 1. The monoisotopic (exact) mass is 379 g/mol. The Morgan fingerprint density at radius 3 is 2.70 bits per heavy atom. The SMILES string of the molecule is CC(C)(C)OC(=O)N[C@H]1CCCN(Cc2cc(B(O)O)cc([N+](=O)[O-])c2)C1. The predicted octanol–water partition coefficient (Wildman–Crippen LogP) is 0.764. The van der Waals surface area contributed by atoms with Gasteiger partial charge in [-0.05, 0) is 51.2 Å². The van der Waals surface area contributed by atoms with Gasteiger partial charge in [-0.15, -0.1) is 0 Å². The third-order valence-corrected chi connectivity index (χ3v) is 4.14. The minimum Gasteiger partial charge on any atom is -0.444 e. The van der Waals surface area contributed by atoms with Crippen LogP contribution in [0.3, 0.4) is 0 Å². The Hall–Kier alpha value is -2.17. The first-order chi connectivity index (χ1) is 12.5. The number of rotatable bonds is 5. The van der Waals surface area contributed by atoms with Crippen LogP contribution >= 0.6 is 0 Å². The van der Waals surface area contributed by atoms with Gasteiger partial charge >= 0.3 is 13.2 Å².